The van der Waals surface area contributed by atoms with Gasteiger partial charge >= 0.3 is 0 Å². The molecule has 1 aliphatic carbocycles. The number of isocyanates is 1. The first kappa shape index (κ1) is 14.2. The van der Waals surface area contributed by atoms with Crippen LogP contribution in [0.4, 0.5) is 5.69 Å². The molecule has 0 atom stereocenters. The van der Waals surface area contributed by atoms with Gasteiger partial charge in [-0.2, -0.15) is 4.99 Å². The first-order valence-corrected chi connectivity index (χ1v) is 7.81. The second-order valence-corrected chi connectivity index (χ2v) is 6.02. The molecular formula is C17H22N2O2. The van der Waals surface area contributed by atoms with E-state index in [4.69, 9.17) is 4.74 Å². The zero-order valence-corrected chi connectivity index (χ0v) is 12.6. The van der Waals surface area contributed by atoms with Gasteiger partial charge in [-0.3, -0.25) is 0 Å². The summed E-state index contributed by atoms with van der Waals surface area (Å²) in [5.74, 6) is 0.832. The Morgan fingerprint density at radius 3 is 2.52 bits per heavy atom. The summed E-state index contributed by atoms with van der Waals surface area (Å²) < 4.78 is 5.38. The van der Waals surface area contributed by atoms with Gasteiger partial charge in [0.15, 0.2) is 0 Å². The molecule has 1 heterocycles. The Labute approximate surface area is 125 Å². The molecule has 4 nitrogen and oxygen atoms in total. The van der Waals surface area contributed by atoms with Crippen LogP contribution in [0.25, 0.3) is 0 Å². The number of methoxy groups -OCH3 is 1. The first-order chi connectivity index (χ1) is 10.3. The average molecular weight is 286 g/mol. The highest BCUT2D eigenvalue weighted by Gasteiger charge is 2.41. The molecule has 0 N–H and O–H groups in total. The quantitative estimate of drug-likeness (QED) is 0.629. The number of anilines is 1. The smallest absolute Gasteiger partial charge is 0.235 e. The van der Waals surface area contributed by atoms with Crippen LogP contribution in [0.3, 0.4) is 0 Å². The predicted octanol–water partition coefficient (Wildman–Crippen LogP) is 3.40. The normalized spacial score (nSPS) is 20.3. The molecular weight excluding hydrogens is 264 g/mol. The van der Waals surface area contributed by atoms with Crippen molar-refractivity contribution in [3.8, 4) is 5.75 Å². The maximum absolute atomic E-state index is 10.9. The van der Waals surface area contributed by atoms with Crippen molar-refractivity contribution in [2.75, 3.05) is 25.1 Å². The van der Waals surface area contributed by atoms with Crippen LogP contribution in [-0.2, 0) is 10.3 Å². The lowest BCUT2D eigenvalue weighted by molar-refractivity contribution is 0.255. The third-order valence-electron chi connectivity index (χ3n) is 4.84. The summed E-state index contributed by atoms with van der Waals surface area (Å²) >= 11 is 0. The molecule has 1 aliphatic heterocycles. The number of piperidine rings is 1. The standard InChI is InChI=1S/C17H22N2O2/c1-21-14-6-7-16(19-10-3-2-4-11-19)15(12-14)17(18-13-20)8-5-9-17/h6-7,12H,2-5,8-11H2,1H3. The molecule has 0 bridgehead atoms. The number of hydrogen-bond acceptors (Lipinski definition) is 4. The Morgan fingerprint density at radius 1 is 1.19 bits per heavy atom. The van der Waals surface area contributed by atoms with Gasteiger partial charge in [0.1, 0.15) is 11.3 Å². The summed E-state index contributed by atoms with van der Waals surface area (Å²) in [4.78, 5) is 17.5. The number of carbonyl (C=O) groups excluding carboxylic acids is 1. The van der Waals surface area contributed by atoms with Crippen molar-refractivity contribution in [2.45, 2.75) is 44.1 Å². The van der Waals surface area contributed by atoms with Crippen molar-refractivity contribution in [3.05, 3.63) is 23.8 Å². The average Bonchev–Trinajstić information content (AvgIpc) is 2.51. The van der Waals surface area contributed by atoms with E-state index in [0.717, 1.165) is 43.7 Å². The zero-order chi connectivity index (χ0) is 14.7. The van der Waals surface area contributed by atoms with Gasteiger partial charge in [-0.1, -0.05) is 0 Å². The molecule has 0 spiro atoms. The Hall–Kier alpha value is -1.80. The number of aliphatic imine (C=N–C) groups is 1. The van der Waals surface area contributed by atoms with Crippen molar-refractivity contribution in [3.63, 3.8) is 0 Å². The topological polar surface area (TPSA) is 41.9 Å². The fraction of sp³-hybridized carbons (Fsp3) is 0.588. The van der Waals surface area contributed by atoms with Crippen LogP contribution >= 0.6 is 0 Å². The van der Waals surface area contributed by atoms with Gasteiger partial charge in [0.25, 0.3) is 0 Å². The molecule has 1 saturated heterocycles. The second-order valence-electron chi connectivity index (χ2n) is 6.02. The van der Waals surface area contributed by atoms with Crippen LogP contribution in [0.1, 0.15) is 44.1 Å². The van der Waals surface area contributed by atoms with Gasteiger partial charge in [0.2, 0.25) is 6.08 Å². The van der Waals surface area contributed by atoms with Gasteiger partial charge in [-0.25, -0.2) is 4.79 Å². The maximum atomic E-state index is 10.9. The Kier molecular flexibility index (Phi) is 3.98. The Balaban J connectivity index is 2.04. The van der Waals surface area contributed by atoms with Crippen LogP contribution < -0.4 is 9.64 Å². The highest BCUT2D eigenvalue weighted by atomic mass is 16.5. The molecule has 4 heteroatoms. The van der Waals surface area contributed by atoms with E-state index in [0.29, 0.717) is 0 Å². The maximum Gasteiger partial charge on any atom is 0.235 e. The highest BCUT2D eigenvalue weighted by Crippen LogP contribution is 2.49. The number of nitrogens with zero attached hydrogens (tertiary/aromatic N) is 2. The van der Waals surface area contributed by atoms with Crippen LogP contribution in [0.2, 0.25) is 0 Å². The summed E-state index contributed by atoms with van der Waals surface area (Å²) in [6, 6.07) is 6.19. The first-order valence-electron chi connectivity index (χ1n) is 7.81. The predicted molar refractivity (Wildman–Crippen MR) is 82.7 cm³/mol. The van der Waals surface area contributed by atoms with Crippen molar-refractivity contribution in [1.82, 2.24) is 0 Å². The molecule has 0 radical (unpaired) electrons. The van der Waals surface area contributed by atoms with Gasteiger partial charge in [0.05, 0.1) is 7.11 Å². The highest BCUT2D eigenvalue weighted by molar-refractivity contribution is 5.61. The Morgan fingerprint density at radius 2 is 1.95 bits per heavy atom. The fourth-order valence-electron chi connectivity index (χ4n) is 3.47. The minimum atomic E-state index is -0.372. The third kappa shape index (κ3) is 2.56. The van der Waals surface area contributed by atoms with Crippen LogP contribution in [0.15, 0.2) is 23.2 Å². The minimum absolute atomic E-state index is 0.372. The molecule has 112 valence electrons. The Bertz CT molecular complexity index is 554. The number of rotatable bonds is 4. The number of ether oxygens (including phenoxy) is 1. The summed E-state index contributed by atoms with van der Waals surface area (Å²) in [5.41, 5.74) is 1.98. The zero-order valence-electron chi connectivity index (χ0n) is 12.6. The summed E-state index contributed by atoms with van der Waals surface area (Å²) in [6.07, 6.45) is 8.53. The lowest BCUT2D eigenvalue weighted by Gasteiger charge is -2.41. The molecule has 1 aromatic carbocycles. The van der Waals surface area contributed by atoms with E-state index in [1.54, 1.807) is 13.2 Å². The fourth-order valence-corrected chi connectivity index (χ4v) is 3.47. The lowest BCUT2D eigenvalue weighted by Crippen LogP contribution is -2.36. The van der Waals surface area contributed by atoms with Crippen molar-refractivity contribution in [2.24, 2.45) is 4.99 Å². The van der Waals surface area contributed by atoms with Gasteiger partial charge in [-0.15, -0.1) is 0 Å². The SMILES string of the molecule is COc1ccc(N2CCCCC2)c(C2(N=C=O)CCC2)c1. The lowest BCUT2D eigenvalue weighted by atomic mass is 9.71. The largest absolute Gasteiger partial charge is 0.497 e. The minimum Gasteiger partial charge on any atom is -0.497 e. The molecule has 1 aromatic rings. The van der Waals surface area contributed by atoms with Crippen molar-refractivity contribution >= 4 is 11.8 Å². The third-order valence-corrected chi connectivity index (χ3v) is 4.84. The van der Waals surface area contributed by atoms with E-state index in [1.807, 2.05) is 6.07 Å². The van der Waals surface area contributed by atoms with Gasteiger partial charge in [0, 0.05) is 24.3 Å². The molecule has 2 aliphatic rings. The van der Waals surface area contributed by atoms with Gasteiger partial charge in [-0.05, 0) is 56.7 Å². The number of benzene rings is 1. The van der Waals surface area contributed by atoms with E-state index in [2.05, 4.69) is 22.0 Å². The molecule has 1 saturated carbocycles. The van der Waals surface area contributed by atoms with Gasteiger partial charge < -0.3 is 9.64 Å². The van der Waals surface area contributed by atoms with E-state index in [9.17, 15) is 4.79 Å². The monoisotopic (exact) mass is 286 g/mol. The van der Waals surface area contributed by atoms with E-state index < -0.39 is 0 Å². The van der Waals surface area contributed by atoms with Crippen molar-refractivity contribution < 1.29 is 9.53 Å². The van der Waals surface area contributed by atoms with E-state index >= 15 is 0 Å². The van der Waals surface area contributed by atoms with Crippen LogP contribution in [-0.4, -0.2) is 26.3 Å². The van der Waals surface area contributed by atoms with Crippen LogP contribution in [0.5, 0.6) is 5.75 Å². The summed E-state index contributed by atoms with van der Waals surface area (Å²) in [6.45, 7) is 2.17. The molecule has 0 amide bonds. The van der Waals surface area contributed by atoms with Crippen LogP contribution in [0, 0.1) is 0 Å². The molecule has 21 heavy (non-hydrogen) atoms. The van der Waals surface area contributed by atoms with E-state index in [1.165, 1.54) is 24.9 Å². The number of hydrogen-bond donors (Lipinski definition) is 0. The van der Waals surface area contributed by atoms with E-state index in [-0.39, 0.29) is 5.54 Å². The second kappa shape index (κ2) is 5.90. The van der Waals surface area contributed by atoms with Crippen molar-refractivity contribution in [1.29, 1.82) is 0 Å². The molecule has 2 fully saturated rings. The molecule has 0 aromatic heterocycles. The molecule has 3 rings (SSSR count). The summed E-state index contributed by atoms with van der Waals surface area (Å²) in [7, 11) is 1.68. The molecule has 0 unspecified atom stereocenters. The summed E-state index contributed by atoms with van der Waals surface area (Å²) in [5, 5.41) is 0.